The number of hydrogen-bond acceptors (Lipinski definition) is 20. The predicted octanol–water partition coefficient (Wildman–Crippen LogP) is 3.34. The van der Waals surface area contributed by atoms with Crippen LogP contribution in [0, 0.1) is 0 Å². The maximum absolute atomic E-state index is 14.6. The van der Waals surface area contributed by atoms with Gasteiger partial charge in [-0.25, -0.2) is 0 Å². The van der Waals surface area contributed by atoms with E-state index in [0.717, 1.165) is 22.8 Å². The fourth-order valence-corrected chi connectivity index (χ4v) is 10.5. The van der Waals surface area contributed by atoms with E-state index in [4.69, 9.17) is 0 Å². The van der Waals surface area contributed by atoms with Gasteiger partial charge in [-0.3, -0.25) is 37.1 Å². The van der Waals surface area contributed by atoms with Gasteiger partial charge in [-0.1, -0.05) is 36.4 Å². The molecule has 9 N–H and O–H groups in total. The van der Waals surface area contributed by atoms with Crippen LogP contribution in [0.15, 0.2) is 120 Å². The van der Waals surface area contributed by atoms with Gasteiger partial charge in [0.15, 0.2) is 11.6 Å². The molecule has 2 heterocycles. The quantitative estimate of drug-likeness (QED) is 0.0590. The van der Waals surface area contributed by atoms with E-state index in [1.165, 1.54) is 49.5 Å². The predicted molar refractivity (Wildman–Crippen MR) is 241 cm³/mol. The van der Waals surface area contributed by atoms with Gasteiger partial charge in [0, 0.05) is 29.1 Å². The zero-order chi connectivity index (χ0) is 51.2. The molecule has 2 aromatic heterocycles. The lowest BCUT2D eigenvalue weighted by Crippen LogP contribution is -2.29. The van der Waals surface area contributed by atoms with Crippen LogP contribution in [0.4, 0.5) is 34.6 Å². The molecule has 0 atom stereocenters. The topological polar surface area (TPSA) is 423 Å². The standard InChI is InChI=1S/C39H27N7O19S5/c1-46-26-11-10-22(31-32(26)30(20-7-2-3-8-21(20)35(31)48)33(36(46)49)34(47)17-5-4-6-18(13-17)66(51,52)53)40-24-15-25(29(70(63,64)65)16-28(24)69(60,61)62)42-38-43-37(44-39(50)45-38)41-23-14-19(67(54,55)56)9-12-27(23)68(57,58)59/h2-16,40H,1H3,(H,51,52,53)(H,54,55,56)(H,57,58,59)(H,60,61,62)(H,63,64,65)(H3,41,42,43,44,45,50). The van der Waals surface area contributed by atoms with Crippen molar-refractivity contribution in [3.8, 4) is 17.1 Å². The number of pyridine rings is 1. The van der Waals surface area contributed by atoms with Crippen molar-refractivity contribution in [1.29, 1.82) is 0 Å². The molecule has 5 aromatic carbocycles. The molecule has 0 unspecified atom stereocenters. The molecule has 362 valence electrons. The Hall–Kier alpha value is -7.59. The largest absolute Gasteiger partial charge is 0.479 e. The first-order valence-electron chi connectivity index (χ1n) is 18.9. The SMILES string of the molecule is Cn1c(=O)c(C(=O)c2cccc(S(=O)(=O)O)c2)c2c3c(c(Nc4cc(Nc5nc(O)nc(Nc6cc(S(=O)(=O)O)ccc6S(=O)(=O)O)n5)c(S(=O)(=O)O)cc4S(=O)(=O)O)ccc31)C(=O)c1ccccc1-2. The second kappa shape index (κ2) is 16.8. The van der Waals surface area contributed by atoms with E-state index in [9.17, 15) is 84.3 Å². The zero-order valence-corrected chi connectivity index (χ0v) is 38.6. The molecule has 0 spiro atoms. The molecule has 0 saturated carbocycles. The molecule has 0 saturated heterocycles. The summed E-state index contributed by atoms with van der Waals surface area (Å²) in [5.41, 5.74) is -5.09. The third kappa shape index (κ3) is 9.06. The number of hydrogen-bond donors (Lipinski definition) is 9. The molecule has 8 rings (SSSR count). The van der Waals surface area contributed by atoms with Crippen LogP contribution >= 0.6 is 0 Å². The van der Waals surface area contributed by atoms with E-state index in [1.54, 1.807) is 0 Å². The summed E-state index contributed by atoms with van der Waals surface area (Å²) < 4.78 is 174. The third-order valence-corrected chi connectivity index (χ3v) is 14.8. The second-order valence-corrected chi connectivity index (χ2v) is 21.8. The Morgan fingerprint density at radius 1 is 0.529 bits per heavy atom. The van der Waals surface area contributed by atoms with E-state index in [-0.39, 0.29) is 50.5 Å². The lowest BCUT2D eigenvalue weighted by Gasteiger charge is -2.26. The Balaban J connectivity index is 1.32. The number of benzene rings is 5. The van der Waals surface area contributed by atoms with Crippen molar-refractivity contribution in [3.63, 3.8) is 0 Å². The third-order valence-electron chi connectivity index (χ3n) is 10.4. The highest BCUT2D eigenvalue weighted by Gasteiger charge is 2.35. The minimum Gasteiger partial charge on any atom is -0.479 e. The van der Waals surface area contributed by atoms with Gasteiger partial charge in [0.05, 0.1) is 49.2 Å². The van der Waals surface area contributed by atoms with Gasteiger partial charge in [0.25, 0.3) is 56.1 Å². The first-order chi connectivity index (χ1) is 32.4. The highest BCUT2D eigenvalue weighted by atomic mass is 32.2. The van der Waals surface area contributed by atoms with Crippen molar-refractivity contribution in [1.82, 2.24) is 19.5 Å². The monoisotopic (exact) mass is 1060 g/mol. The molecule has 70 heavy (non-hydrogen) atoms. The van der Waals surface area contributed by atoms with Gasteiger partial charge in [-0.05, 0) is 60.2 Å². The fourth-order valence-electron chi connectivity index (χ4n) is 7.47. The average Bonchev–Trinajstić information content (AvgIpc) is 3.25. The summed E-state index contributed by atoms with van der Waals surface area (Å²) in [6.07, 6.45) is 0. The number of anilines is 6. The summed E-state index contributed by atoms with van der Waals surface area (Å²) >= 11 is 0. The van der Waals surface area contributed by atoms with Crippen molar-refractivity contribution >= 4 is 108 Å². The molecule has 0 fully saturated rings. The summed E-state index contributed by atoms with van der Waals surface area (Å²) in [5, 5.41) is 17.4. The van der Waals surface area contributed by atoms with E-state index >= 15 is 0 Å². The Morgan fingerprint density at radius 3 is 1.64 bits per heavy atom. The molecule has 0 amide bonds. The van der Waals surface area contributed by atoms with E-state index in [2.05, 4.69) is 30.9 Å². The molecule has 7 aromatic rings. The van der Waals surface area contributed by atoms with Gasteiger partial charge in [-0.15, -0.1) is 0 Å². The average molecular weight is 1060 g/mol. The molecule has 0 bridgehead atoms. The number of nitrogens with one attached hydrogen (secondary N) is 3. The maximum atomic E-state index is 14.6. The Kier molecular flexibility index (Phi) is 11.7. The molecule has 0 radical (unpaired) electrons. The van der Waals surface area contributed by atoms with Crippen LogP contribution in [0.2, 0.25) is 0 Å². The minimum absolute atomic E-state index is 0.0261. The number of aromatic hydroxyl groups is 1. The van der Waals surface area contributed by atoms with Gasteiger partial charge in [-0.2, -0.15) is 57.0 Å². The number of fused-ring (bicyclic) bond motifs is 2. The van der Waals surface area contributed by atoms with Crippen molar-refractivity contribution in [2.75, 3.05) is 16.0 Å². The Labute approximate surface area is 393 Å². The van der Waals surface area contributed by atoms with Crippen LogP contribution in [-0.2, 0) is 57.6 Å². The van der Waals surface area contributed by atoms with Gasteiger partial charge in [0.1, 0.15) is 14.7 Å². The zero-order valence-electron chi connectivity index (χ0n) is 34.5. The van der Waals surface area contributed by atoms with Gasteiger partial charge in [0.2, 0.25) is 11.9 Å². The number of aryl methyl sites for hydroxylation is 1. The maximum Gasteiger partial charge on any atom is 0.320 e. The number of nitrogens with zero attached hydrogens (tertiary/aromatic N) is 4. The number of carbonyl (C=O) groups is 2. The van der Waals surface area contributed by atoms with Crippen LogP contribution in [0.5, 0.6) is 6.01 Å². The summed E-state index contributed by atoms with van der Waals surface area (Å²) in [5.74, 6) is -3.59. The van der Waals surface area contributed by atoms with Crippen molar-refractivity contribution in [3.05, 3.63) is 124 Å². The molecule has 1 aliphatic carbocycles. The Bertz CT molecular complexity index is 4170. The van der Waals surface area contributed by atoms with E-state index in [0.29, 0.717) is 24.3 Å². The molecular formula is C39H27N7O19S5. The molecular weight excluding hydrogens is 1030 g/mol. The molecule has 31 heteroatoms. The summed E-state index contributed by atoms with van der Waals surface area (Å²) in [6.45, 7) is 0. The number of rotatable bonds is 13. The van der Waals surface area contributed by atoms with Crippen LogP contribution in [-0.4, -0.2) is 101 Å². The Morgan fingerprint density at radius 2 is 1.07 bits per heavy atom. The summed E-state index contributed by atoms with van der Waals surface area (Å²) in [7, 11) is -24.8. The highest BCUT2D eigenvalue weighted by Crippen LogP contribution is 2.45. The van der Waals surface area contributed by atoms with Crippen LogP contribution in [0.25, 0.3) is 22.0 Å². The van der Waals surface area contributed by atoms with Gasteiger partial charge < -0.3 is 25.6 Å². The normalized spacial score (nSPS) is 12.9. The number of ketones is 2. The second-order valence-electron chi connectivity index (χ2n) is 14.8. The van der Waals surface area contributed by atoms with E-state index in [1.807, 2.05) is 0 Å². The van der Waals surface area contributed by atoms with E-state index < -0.39 is 133 Å². The molecule has 26 nitrogen and oxygen atoms in total. The number of aromatic nitrogens is 4. The lowest BCUT2D eigenvalue weighted by atomic mass is 9.80. The fraction of sp³-hybridized carbons (Fsp3) is 0.0256. The van der Waals surface area contributed by atoms with Crippen LogP contribution in [0.3, 0.4) is 0 Å². The minimum atomic E-state index is -5.53. The summed E-state index contributed by atoms with van der Waals surface area (Å²) in [6, 6.07) is 13.7. The highest BCUT2D eigenvalue weighted by molar-refractivity contribution is 7.87. The van der Waals surface area contributed by atoms with Crippen LogP contribution in [0.1, 0.15) is 31.8 Å². The first kappa shape index (κ1) is 48.9. The molecule has 1 aliphatic rings. The van der Waals surface area contributed by atoms with Crippen molar-refractivity contribution in [2.45, 2.75) is 24.5 Å². The molecule has 0 aliphatic heterocycles. The van der Waals surface area contributed by atoms with Crippen molar-refractivity contribution in [2.24, 2.45) is 7.05 Å². The number of carbonyl (C=O) groups excluding carboxylic acids is 2. The summed E-state index contributed by atoms with van der Waals surface area (Å²) in [4.78, 5) is 48.9. The van der Waals surface area contributed by atoms with Crippen molar-refractivity contribution < 1.29 is 79.5 Å². The first-order valence-corrected chi connectivity index (χ1v) is 26.1. The van der Waals surface area contributed by atoms with Crippen LogP contribution < -0.4 is 21.5 Å². The lowest BCUT2D eigenvalue weighted by molar-refractivity contribution is 0.102. The van der Waals surface area contributed by atoms with Gasteiger partial charge >= 0.3 is 6.01 Å². The smallest absolute Gasteiger partial charge is 0.320 e.